The van der Waals surface area contributed by atoms with Crippen LogP contribution in [0.5, 0.6) is 0 Å². The maximum Gasteiger partial charge on any atom is 0.360 e. The van der Waals surface area contributed by atoms with Gasteiger partial charge in [-0.1, -0.05) is 40.6 Å². The van der Waals surface area contributed by atoms with Crippen LogP contribution in [0, 0.1) is 6.92 Å². The zero-order valence-electron chi connectivity index (χ0n) is 15.2. The Kier molecular flexibility index (Phi) is 4.72. The molecular formula is C19H20N4O4. The molecule has 0 N–H and O–H groups in total. The van der Waals surface area contributed by atoms with Crippen molar-refractivity contribution in [1.82, 2.24) is 20.2 Å². The fourth-order valence-electron chi connectivity index (χ4n) is 3.41. The molecule has 2 aromatic heterocycles. The summed E-state index contributed by atoms with van der Waals surface area (Å²) in [6, 6.07) is 9.72. The molecule has 1 atom stereocenters. The summed E-state index contributed by atoms with van der Waals surface area (Å²) in [4.78, 5) is 18.7. The van der Waals surface area contributed by atoms with Gasteiger partial charge in [0.2, 0.25) is 11.7 Å². The number of aromatic nitrogens is 3. The molecule has 0 saturated carbocycles. The second-order valence-electron chi connectivity index (χ2n) is 6.51. The number of carbonyl (C=O) groups is 1. The molecule has 1 aliphatic rings. The Morgan fingerprint density at radius 2 is 2.07 bits per heavy atom. The lowest BCUT2D eigenvalue weighted by Gasteiger charge is -2.21. The predicted octanol–water partition coefficient (Wildman–Crippen LogP) is 3.16. The van der Waals surface area contributed by atoms with Gasteiger partial charge in [0.15, 0.2) is 5.69 Å². The van der Waals surface area contributed by atoms with Crippen LogP contribution < -0.4 is 0 Å². The van der Waals surface area contributed by atoms with Gasteiger partial charge in [-0.3, -0.25) is 4.90 Å². The summed E-state index contributed by atoms with van der Waals surface area (Å²) >= 11 is 0. The minimum atomic E-state index is -0.498. The van der Waals surface area contributed by atoms with E-state index in [-0.39, 0.29) is 11.7 Å². The lowest BCUT2D eigenvalue weighted by Crippen LogP contribution is -2.24. The minimum absolute atomic E-state index is 0.00485. The van der Waals surface area contributed by atoms with Crippen molar-refractivity contribution < 1.29 is 18.6 Å². The number of carbonyl (C=O) groups excluding carboxylic acids is 1. The molecule has 140 valence electrons. The van der Waals surface area contributed by atoms with Crippen LogP contribution in [-0.4, -0.2) is 39.8 Å². The van der Waals surface area contributed by atoms with Crippen LogP contribution in [0.25, 0.3) is 11.4 Å². The summed E-state index contributed by atoms with van der Waals surface area (Å²) in [5.74, 6) is 1.27. The van der Waals surface area contributed by atoms with Crippen LogP contribution in [0.15, 0.2) is 39.4 Å². The second kappa shape index (κ2) is 7.32. The Hall–Kier alpha value is -3.00. The van der Waals surface area contributed by atoms with E-state index in [1.54, 1.807) is 6.92 Å². The summed E-state index contributed by atoms with van der Waals surface area (Å²) in [7, 11) is 1.33. The molecular weight excluding hydrogens is 348 g/mol. The van der Waals surface area contributed by atoms with E-state index in [1.807, 2.05) is 30.3 Å². The van der Waals surface area contributed by atoms with Gasteiger partial charge in [0.1, 0.15) is 5.76 Å². The molecule has 1 fully saturated rings. The van der Waals surface area contributed by atoms with Crippen molar-refractivity contribution in [3.63, 3.8) is 0 Å². The number of methoxy groups -OCH3 is 1. The number of nitrogens with zero attached hydrogens (tertiary/aromatic N) is 4. The van der Waals surface area contributed by atoms with Gasteiger partial charge in [-0.25, -0.2) is 4.79 Å². The van der Waals surface area contributed by atoms with Crippen molar-refractivity contribution in [3.05, 3.63) is 53.2 Å². The van der Waals surface area contributed by atoms with E-state index in [0.717, 1.165) is 30.5 Å². The topological polar surface area (TPSA) is 94.5 Å². The fraction of sp³-hybridized carbons (Fsp3) is 0.368. The monoisotopic (exact) mass is 368 g/mol. The van der Waals surface area contributed by atoms with Gasteiger partial charge in [0.25, 0.3) is 0 Å². The molecule has 8 heteroatoms. The Labute approximate surface area is 156 Å². The smallest absolute Gasteiger partial charge is 0.360 e. The van der Waals surface area contributed by atoms with Crippen LogP contribution >= 0.6 is 0 Å². The molecule has 3 heterocycles. The van der Waals surface area contributed by atoms with Gasteiger partial charge in [0.05, 0.1) is 13.2 Å². The molecule has 0 bridgehead atoms. The van der Waals surface area contributed by atoms with Gasteiger partial charge in [-0.15, -0.1) is 0 Å². The average molecular weight is 368 g/mol. The van der Waals surface area contributed by atoms with Gasteiger partial charge in [-0.05, 0) is 26.3 Å². The van der Waals surface area contributed by atoms with E-state index in [4.69, 9.17) is 13.8 Å². The molecule has 3 aromatic rings. The summed E-state index contributed by atoms with van der Waals surface area (Å²) in [5.41, 5.74) is 1.87. The normalized spacial score (nSPS) is 17.3. The number of rotatable bonds is 5. The van der Waals surface area contributed by atoms with Crippen LogP contribution in [-0.2, 0) is 11.3 Å². The second-order valence-corrected chi connectivity index (χ2v) is 6.51. The van der Waals surface area contributed by atoms with Crippen molar-refractivity contribution in [1.29, 1.82) is 0 Å². The van der Waals surface area contributed by atoms with Crippen molar-refractivity contribution in [2.24, 2.45) is 0 Å². The van der Waals surface area contributed by atoms with Gasteiger partial charge in [0, 0.05) is 17.7 Å². The quantitative estimate of drug-likeness (QED) is 0.634. The highest BCUT2D eigenvalue weighted by atomic mass is 16.5. The third-order valence-corrected chi connectivity index (χ3v) is 4.85. The molecule has 27 heavy (non-hydrogen) atoms. The Morgan fingerprint density at radius 3 is 2.85 bits per heavy atom. The van der Waals surface area contributed by atoms with Gasteiger partial charge >= 0.3 is 5.97 Å². The highest BCUT2D eigenvalue weighted by molar-refractivity contribution is 5.88. The number of ether oxygens (including phenoxy) is 1. The number of aryl methyl sites for hydroxylation is 1. The Bertz CT molecular complexity index is 934. The fourth-order valence-corrected chi connectivity index (χ4v) is 3.41. The number of hydrogen-bond acceptors (Lipinski definition) is 8. The van der Waals surface area contributed by atoms with E-state index in [9.17, 15) is 4.79 Å². The SMILES string of the molecule is COC(=O)c1noc(C)c1CN1CCCC1c1nc(-c2ccccc2)no1. The van der Waals surface area contributed by atoms with Crippen molar-refractivity contribution in [2.75, 3.05) is 13.7 Å². The average Bonchev–Trinajstić information content (AvgIpc) is 3.43. The molecule has 1 aromatic carbocycles. The lowest BCUT2D eigenvalue weighted by atomic mass is 10.1. The van der Waals surface area contributed by atoms with E-state index in [2.05, 4.69) is 20.2 Å². The predicted molar refractivity (Wildman–Crippen MR) is 94.7 cm³/mol. The Morgan fingerprint density at radius 1 is 1.26 bits per heavy atom. The van der Waals surface area contributed by atoms with Crippen molar-refractivity contribution in [3.8, 4) is 11.4 Å². The van der Waals surface area contributed by atoms with E-state index in [1.165, 1.54) is 7.11 Å². The van der Waals surface area contributed by atoms with Crippen LogP contribution in [0.4, 0.5) is 0 Å². The lowest BCUT2D eigenvalue weighted by molar-refractivity contribution is 0.0586. The first kappa shape index (κ1) is 17.4. The first-order valence-electron chi connectivity index (χ1n) is 8.84. The summed E-state index contributed by atoms with van der Waals surface area (Å²) < 4.78 is 15.5. The summed E-state index contributed by atoms with van der Waals surface area (Å²) in [5, 5.41) is 7.96. The maximum atomic E-state index is 11.9. The number of hydrogen-bond donors (Lipinski definition) is 0. The molecule has 0 aliphatic carbocycles. The number of likely N-dealkylation sites (tertiary alicyclic amines) is 1. The zero-order chi connectivity index (χ0) is 18.8. The summed E-state index contributed by atoms with van der Waals surface area (Å²) in [6.07, 6.45) is 1.92. The third kappa shape index (κ3) is 3.35. The first-order valence-corrected chi connectivity index (χ1v) is 8.84. The number of esters is 1. The molecule has 0 radical (unpaired) electrons. The van der Waals surface area contributed by atoms with Crippen LogP contribution in [0.1, 0.15) is 46.6 Å². The molecule has 1 aliphatic heterocycles. The largest absolute Gasteiger partial charge is 0.464 e. The van der Waals surface area contributed by atoms with Gasteiger partial charge in [-0.2, -0.15) is 4.98 Å². The summed E-state index contributed by atoms with van der Waals surface area (Å²) in [6.45, 7) is 3.16. The minimum Gasteiger partial charge on any atom is -0.464 e. The van der Waals surface area contributed by atoms with Crippen LogP contribution in [0.2, 0.25) is 0 Å². The van der Waals surface area contributed by atoms with Crippen molar-refractivity contribution in [2.45, 2.75) is 32.4 Å². The van der Waals surface area contributed by atoms with Crippen molar-refractivity contribution >= 4 is 5.97 Å². The molecule has 0 amide bonds. The Balaban J connectivity index is 1.57. The first-order chi connectivity index (χ1) is 13.2. The zero-order valence-corrected chi connectivity index (χ0v) is 15.2. The molecule has 0 spiro atoms. The van der Waals surface area contributed by atoms with E-state index < -0.39 is 5.97 Å². The standard InChI is InChI=1S/C19H20N4O4/c1-12-14(16(21-26-12)19(24)25-2)11-23-10-6-9-15(23)18-20-17(22-27-18)13-7-4-3-5-8-13/h3-5,7-8,15H,6,9-11H2,1-2H3. The van der Waals surface area contributed by atoms with Crippen LogP contribution in [0.3, 0.4) is 0 Å². The molecule has 8 nitrogen and oxygen atoms in total. The number of benzene rings is 1. The maximum absolute atomic E-state index is 11.9. The highest BCUT2D eigenvalue weighted by Gasteiger charge is 2.33. The third-order valence-electron chi connectivity index (χ3n) is 4.85. The van der Waals surface area contributed by atoms with Gasteiger partial charge < -0.3 is 13.8 Å². The molecule has 4 rings (SSSR count). The molecule has 1 unspecified atom stereocenters. The van der Waals surface area contributed by atoms with E-state index >= 15 is 0 Å². The highest BCUT2D eigenvalue weighted by Crippen LogP contribution is 2.34. The molecule has 1 saturated heterocycles. The van der Waals surface area contributed by atoms with E-state index in [0.29, 0.717) is 24.0 Å².